The second-order valence-electron chi connectivity index (χ2n) is 7.35. The first-order valence-corrected chi connectivity index (χ1v) is 10.0. The van der Waals surface area contributed by atoms with Crippen molar-refractivity contribution in [3.8, 4) is 17.4 Å². The van der Waals surface area contributed by atoms with Gasteiger partial charge < -0.3 is 19.7 Å². The number of imidazole rings is 1. The van der Waals surface area contributed by atoms with Crippen LogP contribution in [0.15, 0.2) is 49.2 Å². The summed E-state index contributed by atoms with van der Waals surface area (Å²) in [5.41, 5.74) is 1.20. The minimum atomic E-state index is 0.309. The minimum absolute atomic E-state index is 0.309. The van der Waals surface area contributed by atoms with E-state index in [1.54, 1.807) is 12.5 Å². The molecular formula is C21H24N6O2. The molecule has 2 aliphatic heterocycles. The fourth-order valence-corrected chi connectivity index (χ4v) is 3.95. The molecule has 1 saturated heterocycles. The molecule has 4 heterocycles. The van der Waals surface area contributed by atoms with Gasteiger partial charge in [0.25, 0.3) is 0 Å². The Balaban J connectivity index is 1.25. The Morgan fingerprint density at radius 1 is 1.10 bits per heavy atom. The molecule has 1 fully saturated rings. The van der Waals surface area contributed by atoms with Gasteiger partial charge in [0, 0.05) is 44.3 Å². The number of hydrogen-bond donors (Lipinski definition) is 1. The van der Waals surface area contributed by atoms with Crippen LogP contribution in [0, 0.1) is 0 Å². The Morgan fingerprint density at radius 2 is 2.07 bits per heavy atom. The van der Waals surface area contributed by atoms with E-state index < -0.39 is 0 Å². The van der Waals surface area contributed by atoms with E-state index >= 15 is 0 Å². The van der Waals surface area contributed by atoms with Crippen molar-refractivity contribution >= 4 is 5.82 Å². The van der Waals surface area contributed by atoms with Crippen molar-refractivity contribution in [2.75, 3.05) is 24.8 Å². The van der Waals surface area contributed by atoms with Gasteiger partial charge in [-0.3, -0.25) is 4.57 Å². The number of hydrogen-bond acceptors (Lipinski definition) is 7. The summed E-state index contributed by atoms with van der Waals surface area (Å²) < 4.78 is 12.7. The maximum atomic E-state index is 5.47. The quantitative estimate of drug-likeness (QED) is 0.691. The Morgan fingerprint density at radius 3 is 3.00 bits per heavy atom. The van der Waals surface area contributed by atoms with Gasteiger partial charge in [0.05, 0.1) is 0 Å². The Hall–Kier alpha value is -3.13. The molecule has 2 aliphatic rings. The van der Waals surface area contributed by atoms with E-state index in [4.69, 9.17) is 14.5 Å². The van der Waals surface area contributed by atoms with Crippen LogP contribution in [0.5, 0.6) is 11.5 Å². The van der Waals surface area contributed by atoms with Crippen molar-refractivity contribution in [3.05, 3.63) is 54.7 Å². The van der Waals surface area contributed by atoms with E-state index in [9.17, 15) is 0 Å². The number of ether oxygens (including phenoxy) is 2. The highest BCUT2D eigenvalue weighted by Crippen LogP contribution is 2.32. The van der Waals surface area contributed by atoms with Gasteiger partial charge in [-0.05, 0) is 43.0 Å². The lowest BCUT2D eigenvalue weighted by Crippen LogP contribution is -2.46. The van der Waals surface area contributed by atoms with Gasteiger partial charge in [-0.15, -0.1) is 0 Å². The van der Waals surface area contributed by atoms with Crippen LogP contribution in [0.3, 0.4) is 0 Å². The second-order valence-corrected chi connectivity index (χ2v) is 7.35. The molecule has 1 unspecified atom stereocenters. The molecule has 0 bridgehead atoms. The maximum absolute atomic E-state index is 5.47. The number of nitrogens with zero attached hydrogens (tertiary/aromatic N) is 5. The van der Waals surface area contributed by atoms with Crippen molar-refractivity contribution < 1.29 is 9.47 Å². The largest absolute Gasteiger partial charge is 0.454 e. The third kappa shape index (κ3) is 3.88. The first-order valence-electron chi connectivity index (χ1n) is 10.0. The summed E-state index contributed by atoms with van der Waals surface area (Å²) in [6.45, 7) is 3.02. The minimum Gasteiger partial charge on any atom is -0.454 e. The lowest BCUT2D eigenvalue weighted by atomic mass is 10.0. The molecule has 150 valence electrons. The molecule has 2 aromatic heterocycles. The zero-order valence-electron chi connectivity index (χ0n) is 16.2. The molecule has 1 N–H and O–H groups in total. The predicted octanol–water partition coefficient (Wildman–Crippen LogP) is 2.54. The molecule has 0 radical (unpaired) electrons. The molecule has 29 heavy (non-hydrogen) atoms. The van der Waals surface area contributed by atoms with Crippen molar-refractivity contribution in [3.63, 3.8) is 0 Å². The van der Waals surface area contributed by atoms with Gasteiger partial charge in [-0.1, -0.05) is 6.07 Å². The molecule has 8 nitrogen and oxygen atoms in total. The third-order valence-electron chi connectivity index (χ3n) is 5.43. The number of anilines is 1. The number of benzene rings is 1. The Bertz CT molecular complexity index is 962. The molecule has 0 spiro atoms. The molecule has 1 atom stereocenters. The van der Waals surface area contributed by atoms with Gasteiger partial charge in [0.15, 0.2) is 11.5 Å². The van der Waals surface area contributed by atoms with Crippen LogP contribution in [0.4, 0.5) is 5.82 Å². The molecule has 0 amide bonds. The summed E-state index contributed by atoms with van der Waals surface area (Å²) in [4.78, 5) is 15.6. The van der Waals surface area contributed by atoms with Crippen LogP contribution in [0.2, 0.25) is 0 Å². The lowest BCUT2D eigenvalue weighted by Gasteiger charge is -2.37. The van der Waals surface area contributed by atoms with Gasteiger partial charge in [-0.2, -0.15) is 4.98 Å². The smallest absolute Gasteiger partial charge is 0.236 e. The van der Waals surface area contributed by atoms with E-state index in [1.165, 1.54) is 18.4 Å². The number of piperidine rings is 1. The Kier molecular flexibility index (Phi) is 5.00. The first-order chi connectivity index (χ1) is 14.4. The lowest BCUT2D eigenvalue weighted by molar-refractivity contribution is 0.174. The highest BCUT2D eigenvalue weighted by molar-refractivity contribution is 5.44. The molecule has 0 saturated carbocycles. The average Bonchev–Trinajstić information content (AvgIpc) is 3.46. The number of fused-ring (bicyclic) bond motifs is 1. The summed E-state index contributed by atoms with van der Waals surface area (Å²) in [5.74, 6) is 3.28. The summed E-state index contributed by atoms with van der Waals surface area (Å²) in [5, 5.41) is 3.61. The first kappa shape index (κ1) is 17.9. The predicted molar refractivity (Wildman–Crippen MR) is 108 cm³/mol. The van der Waals surface area contributed by atoms with E-state index in [0.717, 1.165) is 43.4 Å². The number of nitrogens with one attached hydrogen (secondary N) is 1. The van der Waals surface area contributed by atoms with Gasteiger partial charge >= 0.3 is 0 Å². The third-order valence-corrected chi connectivity index (χ3v) is 5.43. The number of rotatable bonds is 6. The normalized spacial score (nSPS) is 18.2. The molecule has 3 aromatic rings. The summed E-state index contributed by atoms with van der Waals surface area (Å²) in [6, 6.07) is 8.52. The van der Waals surface area contributed by atoms with Crippen molar-refractivity contribution in [2.24, 2.45) is 0 Å². The number of aromatic nitrogens is 4. The highest BCUT2D eigenvalue weighted by Gasteiger charge is 2.24. The van der Waals surface area contributed by atoms with Gasteiger partial charge in [-0.25, -0.2) is 9.97 Å². The highest BCUT2D eigenvalue weighted by atomic mass is 16.7. The second kappa shape index (κ2) is 8.08. The fourth-order valence-electron chi connectivity index (χ4n) is 3.95. The SMILES string of the molecule is c1cn(-c2nccc(N3CCCCC3CNCc3ccc4c(c3)OCO4)n2)cn1. The van der Waals surface area contributed by atoms with Crippen LogP contribution in [-0.4, -0.2) is 45.4 Å². The van der Waals surface area contributed by atoms with Crippen LogP contribution in [0.25, 0.3) is 5.95 Å². The van der Waals surface area contributed by atoms with Crippen LogP contribution >= 0.6 is 0 Å². The average molecular weight is 392 g/mol. The van der Waals surface area contributed by atoms with Crippen molar-refractivity contribution in [1.29, 1.82) is 0 Å². The standard InChI is InChI=1S/C21H24N6O2/c1-2-9-27(20-6-7-24-21(25-20)26-10-8-22-14-26)17(3-1)13-23-12-16-4-5-18-19(11-16)29-15-28-18/h4-8,10-11,14,17,23H,1-3,9,12-13,15H2. The van der Waals surface area contributed by atoms with E-state index in [2.05, 4.69) is 32.3 Å². The van der Waals surface area contributed by atoms with Crippen molar-refractivity contribution in [1.82, 2.24) is 24.8 Å². The zero-order valence-corrected chi connectivity index (χ0v) is 16.2. The monoisotopic (exact) mass is 392 g/mol. The molecule has 1 aromatic carbocycles. The fraction of sp³-hybridized carbons (Fsp3) is 0.381. The summed E-state index contributed by atoms with van der Waals surface area (Å²) in [6.07, 6.45) is 10.7. The van der Waals surface area contributed by atoms with Gasteiger partial charge in [0.1, 0.15) is 12.1 Å². The topological polar surface area (TPSA) is 77.3 Å². The van der Waals surface area contributed by atoms with Crippen LogP contribution in [-0.2, 0) is 6.54 Å². The molecule has 5 rings (SSSR count). The summed E-state index contributed by atoms with van der Waals surface area (Å²) in [7, 11) is 0. The molecule has 0 aliphatic carbocycles. The van der Waals surface area contributed by atoms with Crippen molar-refractivity contribution in [2.45, 2.75) is 31.8 Å². The Labute approximate surface area is 169 Å². The molecular weight excluding hydrogens is 368 g/mol. The van der Waals surface area contributed by atoms with Crippen LogP contribution < -0.4 is 19.7 Å². The van der Waals surface area contributed by atoms with E-state index in [-0.39, 0.29) is 0 Å². The molecule has 8 heteroatoms. The van der Waals surface area contributed by atoms with E-state index in [0.29, 0.717) is 18.8 Å². The summed E-state index contributed by atoms with van der Waals surface area (Å²) >= 11 is 0. The van der Waals surface area contributed by atoms with E-state index in [1.807, 2.05) is 29.1 Å². The maximum Gasteiger partial charge on any atom is 0.236 e. The van der Waals surface area contributed by atoms with Crippen LogP contribution in [0.1, 0.15) is 24.8 Å². The van der Waals surface area contributed by atoms with Gasteiger partial charge in [0.2, 0.25) is 12.7 Å². The zero-order chi connectivity index (χ0) is 19.5.